The molecule has 0 saturated carbocycles. The third-order valence-corrected chi connectivity index (χ3v) is 5.31. The molecule has 0 atom stereocenters. The Labute approximate surface area is 165 Å². The van der Waals surface area contributed by atoms with Crippen LogP contribution < -0.4 is 10.2 Å². The van der Waals surface area contributed by atoms with Crippen LogP contribution in [0.5, 0.6) is 0 Å². The molecule has 2 fully saturated rings. The minimum Gasteiger partial charge on any atom is -0.372 e. The zero-order valence-corrected chi connectivity index (χ0v) is 16.1. The van der Waals surface area contributed by atoms with Gasteiger partial charge in [-0.2, -0.15) is 0 Å². The number of urea groups is 1. The Morgan fingerprint density at radius 2 is 1.75 bits per heavy atom. The summed E-state index contributed by atoms with van der Waals surface area (Å²) in [6.07, 6.45) is 5.53. The number of carbonyl (C=O) groups is 2. The van der Waals surface area contributed by atoms with Gasteiger partial charge in [0.25, 0.3) is 5.91 Å². The predicted molar refractivity (Wildman–Crippen MR) is 111 cm³/mol. The normalized spacial score (nSPS) is 18.7. The number of piperidine rings is 1. The fourth-order valence-corrected chi connectivity index (χ4v) is 3.81. The maximum atomic E-state index is 12.7. The summed E-state index contributed by atoms with van der Waals surface area (Å²) in [7, 11) is 0. The van der Waals surface area contributed by atoms with E-state index in [2.05, 4.69) is 22.3 Å². The van der Waals surface area contributed by atoms with Gasteiger partial charge < -0.3 is 10.2 Å². The Bertz CT molecular complexity index is 912. The third-order valence-electron chi connectivity index (χ3n) is 5.31. The molecule has 2 aromatic carbocycles. The van der Waals surface area contributed by atoms with Crippen molar-refractivity contribution in [3.63, 3.8) is 0 Å². The quantitative estimate of drug-likeness (QED) is 0.647. The molecule has 1 N–H and O–H groups in total. The lowest BCUT2D eigenvalue weighted by Gasteiger charge is -2.28. The Morgan fingerprint density at radius 1 is 1.00 bits per heavy atom. The summed E-state index contributed by atoms with van der Waals surface area (Å²) < 4.78 is 0. The fourth-order valence-electron chi connectivity index (χ4n) is 3.81. The van der Waals surface area contributed by atoms with Crippen LogP contribution in [0.3, 0.4) is 0 Å². The van der Waals surface area contributed by atoms with Crippen molar-refractivity contribution >= 4 is 23.7 Å². The molecule has 2 aliphatic rings. The zero-order chi connectivity index (χ0) is 19.5. The van der Waals surface area contributed by atoms with E-state index in [4.69, 9.17) is 0 Å². The van der Waals surface area contributed by atoms with Crippen LogP contribution in [0.25, 0.3) is 6.08 Å². The Hall–Kier alpha value is -3.08. The van der Waals surface area contributed by atoms with E-state index in [1.54, 1.807) is 6.08 Å². The standard InChI is InChI=1S/C23H25N3O2/c1-17-6-5-7-19(14-17)16-26-22(27)21(24-23(26)28)15-18-8-10-20(11-9-18)25-12-3-2-4-13-25/h5-11,14-15H,2-4,12-13,16H2,1H3,(H,24,28)/b21-15+. The van der Waals surface area contributed by atoms with Gasteiger partial charge in [0, 0.05) is 18.8 Å². The molecule has 2 heterocycles. The van der Waals surface area contributed by atoms with Gasteiger partial charge >= 0.3 is 6.03 Å². The Kier molecular flexibility index (Phi) is 5.15. The molecule has 0 bridgehead atoms. The van der Waals surface area contributed by atoms with E-state index < -0.39 is 0 Å². The lowest BCUT2D eigenvalue weighted by Crippen LogP contribution is -2.30. The molecule has 2 saturated heterocycles. The topological polar surface area (TPSA) is 52.7 Å². The number of amides is 3. The largest absolute Gasteiger partial charge is 0.372 e. The summed E-state index contributed by atoms with van der Waals surface area (Å²) in [5.41, 5.74) is 4.49. The van der Waals surface area contributed by atoms with E-state index >= 15 is 0 Å². The number of carbonyl (C=O) groups excluding carboxylic acids is 2. The first kappa shape index (κ1) is 18.3. The van der Waals surface area contributed by atoms with Gasteiger partial charge in [0.15, 0.2) is 0 Å². The number of hydrogen-bond acceptors (Lipinski definition) is 3. The van der Waals surface area contributed by atoms with Crippen molar-refractivity contribution in [3.8, 4) is 0 Å². The number of anilines is 1. The number of rotatable bonds is 4. The van der Waals surface area contributed by atoms with Crippen molar-refractivity contribution in [3.05, 3.63) is 70.9 Å². The molecule has 0 aromatic heterocycles. The molecular formula is C23H25N3O2. The number of nitrogens with zero attached hydrogens (tertiary/aromatic N) is 2. The molecule has 5 heteroatoms. The first-order chi connectivity index (χ1) is 13.6. The highest BCUT2D eigenvalue weighted by atomic mass is 16.2. The maximum absolute atomic E-state index is 12.7. The second kappa shape index (κ2) is 7.89. The van der Waals surface area contributed by atoms with E-state index in [1.807, 2.05) is 43.3 Å². The molecule has 144 valence electrons. The summed E-state index contributed by atoms with van der Waals surface area (Å²) in [5.74, 6) is -0.286. The third kappa shape index (κ3) is 3.93. The van der Waals surface area contributed by atoms with Crippen molar-refractivity contribution in [2.24, 2.45) is 0 Å². The lowest BCUT2D eigenvalue weighted by atomic mass is 10.1. The van der Waals surface area contributed by atoms with E-state index in [1.165, 1.54) is 29.8 Å². The number of benzene rings is 2. The van der Waals surface area contributed by atoms with E-state index in [0.29, 0.717) is 5.70 Å². The first-order valence-electron chi connectivity index (χ1n) is 9.85. The van der Waals surface area contributed by atoms with Crippen LogP contribution in [0.1, 0.15) is 36.0 Å². The predicted octanol–water partition coefficient (Wildman–Crippen LogP) is 4.08. The van der Waals surface area contributed by atoms with Crippen LogP contribution >= 0.6 is 0 Å². The monoisotopic (exact) mass is 375 g/mol. The smallest absolute Gasteiger partial charge is 0.329 e. The van der Waals surface area contributed by atoms with Crippen molar-refractivity contribution in [2.75, 3.05) is 18.0 Å². The highest BCUT2D eigenvalue weighted by Crippen LogP contribution is 2.22. The van der Waals surface area contributed by atoms with E-state index in [-0.39, 0.29) is 18.5 Å². The zero-order valence-electron chi connectivity index (χ0n) is 16.1. The molecule has 0 aliphatic carbocycles. The molecule has 0 radical (unpaired) electrons. The van der Waals surface area contributed by atoms with Crippen molar-refractivity contribution < 1.29 is 9.59 Å². The molecule has 0 unspecified atom stereocenters. The molecule has 5 nitrogen and oxygen atoms in total. The Morgan fingerprint density at radius 3 is 2.46 bits per heavy atom. The van der Waals surface area contributed by atoms with Gasteiger partial charge in [-0.15, -0.1) is 0 Å². The summed E-state index contributed by atoms with van der Waals surface area (Å²) in [6, 6.07) is 15.6. The summed E-state index contributed by atoms with van der Waals surface area (Å²) in [4.78, 5) is 28.6. The summed E-state index contributed by atoms with van der Waals surface area (Å²) in [5, 5.41) is 2.70. The fraction of sp³-hybridized carbons (Fsp3) is 0.304. The first-order valence-corrected chi connectivity index (χ1v) is 9.85. The van der Waals surface area contributed by atoms with Gasteiger partial charge in [0.1, 0.15) is 5.70 Å². The van der Waals surface area contributed by atoms with Crippen LogP contribution in [-0.2, 0) is 11.3 Å². The average Bonchev–Trinajstić information content (AvgIpc) is 2.97. The van der Waals surface area contributed by atoms with Crippen molar-refractivity contribution in [1.29, 1.82) is 0 Å². The van der Waals surface area contributed by atoms with Crippen LogP contribution in [0.15, 0.2) is 54.2 Å². The number of aryl methyl sites for hydroxylation is 1. The van der Waals surface area contributed by atoms with Crippen LogP contribution in [0.2, 0.25) is 0 Å². The lowest BCUT2D eigenvalue weighted by molar-refractivity contribution is -0.123. The number of hydrogen-bond donors (Lipinski definition) is 1. The number of nitrogens with one attached hydrogen (secondary N) is 1. The Balaban J connectivity index is 1.47. The maximum Gasteiger partial charge on any atom is 0.329 e. The molecular weight excluding hydrogens is 350 g/mol. The molecule has 2 aromatic rings. The minimum atomic E-state index is -0.373. The molecule has 3 amide bonds. The summed E-state index contributed by atoms with van der Waals surface area (Å²) in [6.45, 7) is 4.47. The van der Waals surface area contributed by atoms with Gasteiger partial charge in [-0.3, -0.25) is 9.69 Å². The van der Waals surface area contributed by atoms with Gasteiger partial charge in [-0.05, 0) is 55.5 Å². The number of imide groups is 1. The second-order valence-electron chi connectivity index (χ2n) is 7.51. The van der Waals surface area contributed by atoms with Gasteiger partial charge in [0.05, 0.1) is 6.54 Å². The molecule has 28 heavy (non-hydrogen) atoms. The van der Waals surface area contributed by atoms with Gasteiger partial charge in [-0.1, -0.05) is 42.0 Å². The van der Waals surface area contributed by atoms with Gasteiger partial charge in [0.2, 0.25) is 0 Å². The van der Waals surface area contributed by atoms with Crippen molar-refractivity contribution in [1.82, 2.24) is 10.2 Å². The highest BCUT2D eigenvalue weighted by molar-refractivity contribution is 6.13. The summed E-state index contributed by atoms with van der Waals surface area (Å²) >= 11 is 0. The highest BCUT2D eigenvalue weighted by Gasteiger charge is 2.33. The average molecular weight is 375 g/mol. The minimum absolute atomic E-state index is 0.275. The second-order valence-corrected chi connectivity index (χ2v) is 7.51. The van der Waals surface area contributed by atoms with E-state index in [9.17, 15) is 9.59 Å². The van der Waals surface area contributed by atoms with Crippen molar-refractivity contribution in [2.45, 2.75) is 32.7 Å². The molecule has 4 rings (SSSR count). The van der Waals surface area contributed by atoms with Crippen LogP contribution in [0, 0.1) is 6.92 Å². The molecule has 2 aliphatic heterocycles. The SMILES string of the molecule is Cc1cccc(CN2C(=O)N/C(=C/c3ccc(N4CCCCC4)cc3)C2=O)c1. The van der Waals surface area contributed by atoms with Crippen LogP contribution in [-0.4, -0.2) is 29.9 Å². The van der Waals surface area contributed by atoms with Gasteiger partial charge in [-0.25, -0.2) is 4.79 Å². The molecule has 0 spiro atoms. The van der Waals surface area contributed by atoms with Crippen LogP contribution in [0.4, 0.5) is 10.5 Å². The van der Waals surface area contributed by atoms with E-state index in [0.717, 1.165) is 29.8 Å².